The van der Waals surface area contributed by atoms with Crippen molar-refractivity contribution >= 4 is 17.6 Å². The second-order valence-corrected chi connectivity index (χ2v) is 4.50. The van der Waals surface area contributed by atoms with Crippen molar-refractivity contribution in [1.82, 2.24) is 4.90 Å². The molecule has 0 saturated heterocycles. The molecule has 8 heteroatoms. The number of methoxy groups -OCH3 is 1. The van der Waals surface area contributed by atoms with Gasteiger partial charge in [-0.05, 0) is 12.5 Å². The van der Waals surface area contributed by atoms with Crippen LogP contribution in [0.3, 0.4) is 0 Å². The number of nitro groups is 1. The topological polar surface area (TPSA) is 110 Å². The number of nitrogens with zero attached hydrogens (tertiary/aromatic N) is 2. The van der Waals surface area contributed by atoms with Gasteiger partial charge in [-0.2, -0.15) is 0 Å². The molecule has 0 aliphatic rings. The van der Waals surface area contributed by atoms with Crippen LogP contribution in [0, 0.1) is 10.1 Å². The molecule has 0 atom stereocenters. The number of carbonyl (C=O) groups excluding carboxylic acids is 2. The fourth-order valence-electron chi connectivity index (χ4n) is 1.84. The number of ether oxygens (including phenoxy) is 1. The molecule has 120 valence electrons. The quantitative estimate of drug-likeness (QED) is 0.435. The van der Waals surface area contributed by atoms with Crippen LogP contribution >= 0.6 is 0 Å². The smallest absolute Gasteiger partial charge is 0.307 e. The molecule has 0 aliphatic carbocycles. The van der Waals surface area contributed by atoms with E-state index in [-0.39, 0.29) is 37.4 Å². The number of nitro benzene ring substituents is 1. The second kappa shape index (κ2) is 8.73. The monoisotopic (exact) mass is 310 g/mol. The maximum atomic E-state index is 12.4. The summed E-state index contributed by atoms with van der Waals surface area (Å²) in [4.78, 5) is 35.1. The minimum absolute atomic E-state index is 0.0165. The molecule has 22 heavy (non-hydrogen) atoms. The molecule has 0 aliphatic heterocycles. The molecule has 0 saturated carbocycles. The van der Waals surface area contributed by atoms with Crippen molar-refractivity contribution in [2.45, 2.75) is 12.8 Å². The molecule has 0 spiro atoms. The zero-order valence-corrected chi connectivity index (χ0v) is 12.2. The molecule has 8 nitrogen and oxygen atoms in total. The van der Waals surface area contributed by atoms with Gasteiger partial charge < -0.3 is 14.7 Å². The highest BCUT2D eigenvalue weighted by atomic mass is 16.6. The number of non-ortho nitro benzene ring substituents is 1. The van der Waals surface area contributed by atoms with E-state index in [1.165, 1.54) is 36.3 Å². The van der Waals surface area contributed by atoms with E-state index in [0.29, 0.717) is 6.42 Å². The highest BCUT2D eigenvalue weighted by Crippen LogP contribution is 2.15. The lowest BCUT2D eigenvalue weighted by atomic mass is 10.1. The molecule has 1 aromatic rings. The van der Waals surface area contributed by atoms with Gasteiger partial charge in [0.2, 0.25) is 0 Å². The number of aliphatic hydroxyl groups excluding tert-OH is 1. The Labute approximate surface area is 127 Å². The molecule has 1 amide bonds. The summed E-state index contributed by atoms with van der Waals surface area (Å²) in [6.45, 7) is 0.264. The Bertz CT molecular complexity index is 546. The standard InChI is InChI=1S/C14H18N2O6/c1-22-13(18)6-8-15(7-3-9-17)14(19)11-4-2-5-12(10-11)16(20)21/h2,4-5,10,17H,3,6-9H2,1H3. The molecule has 0 unspecified atom stereocenters. The van der Waals surface area contributed by atoms with E-state index in [1.54, 1.807) is 0 Å². The molecule has 1 N–H and O–H groups in total. The summed E-state index contributed by atoms with van der Waals surface area (Å²) in [5, 5.41) is 19.6. The van der Waals surface area contributed by atoms with Crippen molar-refractivity contribution in [1.29, 1.82) is 0 Å². The van der Waals surface area contributed by atoms with Crippen molar-refractivity contribution in [2.75, 3.05) is 26.8 Å². The van der Waals surface area contributed by atoms with Crippen LogP contribution < -0.4 is 0 Å². The lowest BCUT2D eigenvalue weighted by molar-refractivity contribution is -0.384. The van der Waals surface area contributed by atoms with Gasteiger partial charge in [-0.3, -0.25) is 19.7 Å². The first-order valence-corrected chi connectivity index (χ1v) is 6.71. The largest absolute Gasteiger partial charge is 0.469 e. The molecule has 1 aromatic carbocycles. The van der Waals surface area contributed by atoms with E-state index in [2.05, 4.69) is 4.74 Å². The third kappa shape index (κ3) is 5.13. The van der Waals surface area contributed by atoms with Crippen LogP contribution in [-0.2, 0) is 9.53 Å². The first-order chi connectivity index (χ1) is 10.5. The Hall–Kier alpha value is -2.48. The maximum absolute atomic E-state index is 12.4. The van der Waals surface area contributed by atoms with Crippen LogP contribution in [0.4, 0.5) is 5.69 Å². The van der Waals surface area contributed by atoms with Gasteiger partial charge in [-0.25, -0.2) is 0 Å². The van der Waals surface area contributed by atoms with Crippen LogP contribution in [0.5, 0.6) is 0 Å². The highest BCUT2D eigenvalue weighted by Gasteiger charge is 2.19. The van der Waals surface area contributed by atoms with E-state index < -0.39 is 16.8 Å². The maximum Gasteiger partial charge on any atom is 0.307 e. The van der Waals surface area contributed by atoms with Gasteiger partial charge in [-0.1, -0.05) is 6.07 Å². The lowest BCUT2D eigenvalue weighted by Crippen LogP contribution is -2.34. The van der Waals surface area contributed by atoms with E-state index in [4.69, 9.17) is 5.11 Å². The number of hydrogen-bond donors (Lipinski definition) is 1. The number of hydrogen-bond acceptors (Lipinski definition) is 6. The van der Waals surface area contributed by atoms with E-state index in [1.807, 2.05) is 0 Å². The molecule has 0 heterocycles. The van der Waals surface area contributed by atoms with Crippen molar-refractivity contribution in [3.05, 3.63) is 39.9 Å². The van der Waals surface area contributed by atoms with E-state index in [0.717, 1.165) is 0 Å². The molecule has 0 fully saturated rings. The second-order valence-electron chi connectivity index (χ2n) is 4.50. The van der Waals surface area contributed by atoms with Crippen LogP contribution in [0.15, 0.2) is 24.3 Å². The molecular weight excluding hydrogens is 292 g/mol. The fourth-order valence-corrected chi connectivity index (χ4v) is 1.84. The Kier molecular flexibility index (Phi) is 6.97. The molecule has 1 rings (SSSR count). The zero-order chi connectivity index (χ0) is 16.5. The number of esters is 1. The SMILES string of the molecule is COC(=O)CCN(CCCO)C(=O)c1cccc([N+](=O)[O-])c1. The Balaban J connectivity index is 2.87. The first-order valence-electron chi connectivity index (χ1n) is 6.71. The lowest BCUT2D eigenvalue weighted by Gasteiger charge is -2.22. The third-order valence-electron chi connectivity index (χ3n) is 2.99. The van der Waals surface area contributed by atoms with Crippen LogP contribution in [-0.4, -0.2) is 53.6 Å². The number of benzene rings is 1. The average molecular weight is 310 g/mol. The van der Waals surface area contributed by atoms with E-state index >= 15 is 0 Å². The van der Waals surface area contributed by atoms with Gasteiger partial charge in [-0.15, -0.1) is 0 Å². The van der Waals surface area contributed by atoms with Crippen molar-refractivity contribution in [2.24, 2.45) is 0 Å². The number of aliphatic hydroxyl groups is 1. The average Bonchev–Trinajstić information content (AvgIpc) is 2.54. The minimum Gasteiger partial charge on any atom is -0.469 e. The van der Waals surface area contributed by atoms with E-state index in [9.17, 15) is 19.7 Å². The minimum atomic E-state index is -0.580. The van der Waals surface area contributed by atoms with Crippen molar-refractivity contribution < 1.29 is 24.4 Å². The van der Waals surface area contributed by atoms with Gasteiger partial charge in [0.15, 0.2) is 0 Å². The predicted molar refractivity (Wildman–Crippen MR) is 77.3 cm³/mol. The van der Waals surface area contributed by atoms with Crippen LogP contribution in [0.25, 0.3) is 0 Å². The summed E-state index contributed by atoms with van der Waals surface area (Å²) in [6, 6.07) is 5.38. The first kappa shape index (κ1) is 17.6. The van der Waals surface area contributed by atoms with Crippen molar-refractivity contribution in [3.8, 4) is 0 Å². The van der Waals surface area contributed by atoms with Gasteiger partial charge in [0.1, 0.15) is 0 Å². The summed E-state index contributed by atoms with van der Waals surface area (Å²) in [7, 11) is 1.25. The summed E-state index contributed by atoms with van der Waals surface area (Å²) in [5.74, 6) is -0.887. The summed E-state index contributed by atoms with van der Waals surface area (Å²) < 4.78 is 4.53. The molecule has 0 aromatic heterocycles. The molecular formula is C14H18N2O6. The fraction of sp³-hybridized carbons (Fsp3) is 0.429. The summed E-state index contributed by atoms with van der Waals surface area (Å²) >= 11 is 0. The molecule has 0 radical (unpaired) electrons. The Morgan fingerprint density at radius 2 is 2.09 bits per heavy atom. The van der Waals surface area contributed by atoms with Gasteiger partial charge in [0, 0.05) is 37.4 Å². The summed E-state index contributed by atoms with van der Waals surface area (Å²) in [6.07, 6.45) is 0.366. The van der Waals surface area contributed by atoms with Gasteiger partial charge in [0.05, 0.1) is 18.5 Å². The van der Waals surface area contributed by atoms with Crippen LogP contribution in [0.2, 0.25) is 0 Å². The van der Waals surface area contributed by atoms with Crippen LogP contribution in [0.1, 0.15) is 23.2 Å². The normalized spacial score (nSPS) is 10.1. The summed E-state index contributed by atoms with van der Waals surface area (Å²) in [5.41, 5.74) is -0.0158. The Morgan fingerprint density at radius 1 is 1.36 bits per heavy atom. The van der Waals surface area contributed by atoms with Gasteiger partial charge in [0.25, 0.3) is 11.6 Å². The third-order valence-corrected chi connectivity index (χ3v) is 2.99. The Morgan fingerprint density at radius 3 is 2.68 bits per heavy atom. The number of amides is 1. The van der Waals surface area contributed by atoms with Crippen molar-refractivity contribution in [3.63, 3.8) is 0 Å². The van der Waals surface area contributed by atoms with Gasteiger partial charge >= 0.3 is 5.97 Å². The molecule has 0 bridgehead atoms. The number of rotatable bonds is 8. The highest BCUT2D eigenvalue weighted by molar-refractivity contribution is 5.95. The number of carbonyl (C=O) groups is 2. The predicted octanol–water partition coefficient (Wildman–Crippen LogP) is 0.982. The zero-order valence-electron chi connectivity index (χ0n) is 12.2.